The number of aliphatic hydroxyl groups excluding tert-OH is 1. The van der Waals surface area contributed by atoms with E-state index in [1.54, 1.807) is 5.57 Å². The van der Waals surface area contributed by atoms with Gasteiger partial charge in [-0.2, -0.15) is 0 Å². The van der Waals surface area contributed by atoms with E-state index in [1.807, 2.05) is 0 Å². The molecule has 0 bridgehead atoms. The summed E-state index contributed by atoms with van der Waals surface area (Å²) in [5.41, 5.74) is 5.58. The van der Waals surface area contributed by atoms with Crippen LogP contribution in [0.3, 0.4) is 0 Å². The van der Waals surface area contributed by atoms with E-state index in [-0.39, 0.29) is 6.10 Å². The van der Waals surface area contributed by atoms with Gasteiger partial charge in [0.25, 0.3) is 0 Å². The second-order valence-corrected chi connectivity index (χ2v) is 12.2. The Morgan fingerprint density at radius 2 is 1.84 bits per heavy atom. The van der Waals surface area contributed by atoms with Gasteiger partial charge in [0.2, 0.25) is 0 Å². The minimum atomic E-state index is -0.115. The predicted molar refractivity (Wildman–Crippen MR) is 133 cm³/mol. The first kappa shape index (κ1) is 23.3. The van der Waals surface area contributed by atoms with Crippen LogP contribution in [0.5, 0.6) is 0 Å². The lowest BCUT2D eigenvalue weighted by atomic mass is 9.50. The van der Waals surface area contributed by atoms with Gasteiger partial charge < -0.3 is 5.11 Å². The zero-order chi connectivity index (χ0) is 22.4. The van der Waals surface area contributed by atoms with Crippen LogP contribution >= 0.6 is 0 Å². The van der Waals surface area contributed by atoms with Crippen molar-refractivity contribution in [3.05, 3.63) is 35.5 Å². The smallest absolute Gasteiger partial charge is 0.0578 e. The van der Waals surface area contributed by atoms with E-state index in [9.17, 15) is 5.11 Å². The van der Waals surface area contributed by atoms with Crippen LogP contribution in [-0.2, 0) is 0 Å². The number of fused-ring (bicyclic) bond motifs is 5. The second kappa shape index (κ2) is 8.85. The standard InChI is InChI=1S/C30H48O/c1-7-20(3)22(8-2)10-9-21(4)26-13-14-27-25-12-11-23-19-24(31)15-17-29(23,5)28(25)16-18-30(26,27)6/h11-12,21-22,24,26-28,31H,3,7-10,13-19H2,1-2,4-6H3/t21-,22-,24+,26-,27+,28+,29+,30-/m1/s1. The quantitative estimate of drug-likeness (QED) is 0.408. The maximum absolute atomic E-state index is 10.2. The van der Waals surface area contributed by atoms with Crippen molar-refractivity contribution >= 4 is 0 Å². The maximum atomic E-state index is 10.2. The van der Waals surface area contributed by atoms with Crippen LogP contribution < -0.4 is 0 Å². The Morgan fingerprint density at radius 3 is 2.55 bits per heavy atom. The number of aliphatic hydroxyl groups is 1. The van der Waals surface area contributed by atoms with Crippen LogP contribution in [-0.4, -0.2) is 11.2 Å². The molecular weight excluding hydrogens is 376 g/mol. The molecule has 0 aliphatic heterocycles. The topological polar surface area (TPSA) is 20.2 Å². The molecule has 3 saturated carbocycles. The van der Waals surface area contributed by atoms with Crippen LogP contribution in [0.4, 0.5) is 0 Å². The maximum Gasteiger partial charge on any atom is 0.0578 e. The Kier molecular flexibility index (Phi) is 6.66. The van der Waals surface area contributed by atoms with Crippen molar-refractivity contribution in [2.24, 2.45) is 40.4 Å². The highest BCUT2D eigenvalue weighted by molar-refractivity contribution is 5.38. The molecule has 1 heteroatoms. The summed E-state index contributed by atoms with van der Waals surface area (Å²) in [6.45, 7) is 16.7. The number of hydrogen-bond donors (Lipinski definition) is 1. The van der Waals surface area contributed by atoms with E-state index in [2.05, 4.69) is 53.3 Å². The Morgan fingerprint density at radius 1 is 1.06 bits per heavy atom. The summed E-state index contributed by atoms with van der Waals surface area (Å²) in [7, 11) is 0. The van der Waals surface area contributed by atoms with Gasteiger partial charge >= 0.3 is 0 Å². The summed E-state index contributed by atoms with van der Waals surface area (Å²) >= 11 is 0. The molecule has 174 valence electrons. The molecule has 0 aromatic heterocycles. The Labute approximate surface area is 192 Å². The average molecular weight is 425 g/mol. The third-order valence-electron chi connectivity index (χ3n) is 10.8. The first-order valence-electron chi connectivity index (χ1n) is 13.5. The summed E-state index contributed by atoms with van der Waals surface area (Å²) in [5.74, 6) is 3.93. The highest BCUT2D eigenvalue weighted by Crippen LogP contribution is 2.66. The first-order chi connectivity index (χ1) is 14.7. The fourth-order valence-electron chi connectivity index (χ4n) is 8.61. The molecule has 0 unspecified atom stereocenters. The van der Waals surface area contributed by atoms with Gasteiger partial charge in [0, 0.05) is 0 Å². The van der Waals surface area contributed by atoms with Crippen LogP contribution in [0.1, 0.15) is 105 Å². The van der Waals surface area contributed by atoms with Crippen molar-refractivity contribution < 1.29 is 5.11 Å². The van der Waals surface area contributed by atoms with Crippen molar-refractivity contribution in [2.75, 3.05) is 0 Å². The van der Waals surface area contributed by atoms with Gasteiger partial charge in [-0.15, -0.1) is 0 Å². The lowest BCUT2D eigenvalue weighted by Crippen LogP contribution is -2.46. The van der Waals surface area contributed by atoms with E-state index in [4.69, 9.17) is 0 Å². The van der Waals surface area contributed by atoms with Crippen molar-refractivity contribution in [1.82, 2.24) is 0 Å². The third kappa shape index (κ3) is 3.92. The van der Waals surface area contributed by atoms with Crippen molar-refractivity contribution in [1.29, 1.82) is 0 Å². The van der Waals surface area contributed by atoms with Crippen LogP contribution in [0, 0.1) is 40.4 Å². The lowest BCUT2D eigenvalue weighted by molar-refractivity contribution is 0.0320. The minimum absolute atomic E-state index is 0.115. The van der Waals surface area contributed by atoms with E-state index < -0.39 is 0 Å². The van der Waals surface area contributed by atoms with Gasteiger partial charge in [-0.3, -0.25) is 0 Å². The van der Waals surface area contributed by atoms with Crippen molar-refractivity contribution in [3.63, 3.8) is 0 Å². The molecule has 1 N–H and O–H groups in total. The fraction of sp³-hybridized carbons (Fsp3) is 0.800. The van der Waals surface area contributed by atoms with Gasteiger partial charge in [0.1, 0.15) is 0 Å². The molecule has 0 spiro atoms. The summed E-state index contributed by atoms with van der Waals surface area (Å²) in [6, 6.07) is 0. The second-order valence-electron chi connectivity index (χ2n) is 12.2. The lowest BCUT2D eigenvalue weighted by Gasteiger charge is -2.55. The van der Waals surface area contributed by atoms with Gasteiger partial charge in [-0.05, 0) is 111 Å². The molecular formula is C30H48O. The third-order valence-corrected chi connectivity index (χ3v) is 10.8. The molecule has 4 aliphatic carbocycles. The summed E-state index contributed by atoms with van der Waals surface area (Å²) in [5, 5.41) is 10.2. The van der Waals surface area contributed by atoms with Crippen LogP contribution in [0.25, 0.3) is 0 Å². The molecule has 0 saturated heterocycles. The normalized spacial score (nSPS) is 41.4. The number of rotatable bonds is 7. The SMILES string of the molecule is C=C(CC)[C@H](CC)CC[C@@H](C)[C@H]1CC[C@H]2C3=CC=C4C[C@@H](O)CC[C@]4(C)[C@H]3CC[C@]12C. The molecule has 8 atom stereocenters. The Bertz CT molecular complexity index is 744. The summed E-state index contributed by atoms with van der Waals surface area (Å²) in [4.78, 5) is 0. The monoisotopic (exact) mass is 424 g/mol. The zero-order valence-corrected chi connectivity index (χ0v) is 21.1. The summed E-state index contributed by atoms with van der Waals surface area (Å²) in [6.07, 6.45) is 18.6. The van der Waals surface area contributed by atoms with Gasteiger partial charge in [0.15, 0.2) is 0 Å². The highest BCUT2D eigenvalue weighted by Gasteiger charge is 2.56. The molecule has 3 fully saturated rings. The van der Waals surface area contributed by atoms with Gasteiger partial charge in [-0.1, -0.05) is 70.1 Å². The molecule has 4 rings (SSSR count). The Balaban J connectivity index is 1.49. The van der Waals surface area contributed by atoms with E-state index in [1.165, 1.54) is 62.5 Å². The largest absolute Gasteiger partial charge is 0.393 e. The Hall–Kier alpha value is -0.820. The highest BCUT2D eigenvalue weighted by atomic mass is 16.3. The fourth-order valence-corrected chi connectivity index (χ4v) is 8.61. The molecule has 31 heavy (non-hydrogen) atoms. The van der Waals surface area contributed by atoms with Crippen molar-refractivity contribution in [3.8, 4) is 0 Å². The number of allylic oxidation sites excluding steroid dienone is 4. The average Bonchev–Trinajstić information content (AvgIpc) is 3.11. The predicted octanol–water partition coefficient (Wildman–Crippen LogP) is 8.26. The van der Waals surface area contributed by atoms with E-state index >= 15 is 0 Å². The van der Waals surface area contributed by atoms with Crippen molar-refractivity contribution in [2.45, 2.75) is 111 Å². The first-order valence-corrected chi connectivity index (χ1v) is 13.5. The molecule has 1 nitrogen and oxygen atoms in total. The van der Waals surface area contributed by atoms with Crippen LogP contribution in [0.15, 0.2) is 35.5 Å². The molecule has 0 aromatic rings. The minimum Gasteiger partial charge on any atom is -0.393 e. The van der Waals surface area contributed by atoms with Gasteiger partial charge in [0.05, 0.1) is 6.10 Å². The zero-order valence-electron chi connectivity index (χ0n) is 21.1. The molecule has 0 aromatic carbocycles. The van der Waals surface area contributed by atoms with Crippen LogP contribution in [0.2, 0.25) is 0 Å². The van der Waals surface area contributed by atoms with Gasteiger partial charge in [-0.25, -0.2) is 0 Å². The molecule has 4 aliphatic rings. The summed E-state index contributed by atoms with van der Waals surface area (Å²) < 4.78 is 0. The van der Waals surface area contributed by atoms with E-state index in [0.717, 1.165) is 48.9 Å². The molecule has 0 radical (unpaired) electrons. The molecule has 0 amide bonds. The van der Waals surface area contributed by atoms with E-state index in [0.29, 0.717) is 10.8 Å². The molecule has 0 heterocycles. The number of hydrogen-bond acceptors (Lipinski definition) is 1.